The molecule has 0 atom stereocenters. The second-order valence-corrected chi connectivity index (χ2v) is 8.46. The van der Waals surface area contributed by atoms with Crippen LogP contribution in [0.2, 0.25) is 0 Å². The number of amides is 1. The average Bonchev–Trinajstić information content (AvgIpc) is 2.69. The molecule has 1 amide bonds. The second kappa shape index (κ2) is 8.92. The van der Waals surface area contributed by atoms with Crippen LogP contribution in [0.25, 0.3) is 0 Å². The lowest BCUT2D eigenvalue weighted by Crippen LogP contribution is -2.47. The van der Waals surface area contributed by atoms with Crippen molar-refractivity contribution in [3.63, 3.8) is 0 Å². The number of thioether (sulfide) groups is 1. The van der Waals surface area contributed by atoms with E-state index in [1.165, 1.54) is 0 Å². The van der Waals surface area contributed by atoms with Crippen LogP contribution in [-0.4, -0.2) is 73.0 Å². The summed E-state index contributed by atoms with van der Waals surface area (Å²) < 4.78 is 0. The van der Waals surface area contributed by atoms with Crippen molar-refractivity contribution in [1.29, 1.82) is 0 Å². The Morgan fingerprint density at radius 1 is 1.07 bits per heavy atom. The Kier molecular flexibility index (Phi) is 6.57. The van der Waals surface area contributed by atoms with Crippen molar-refractivity contribution >= 4 is 23.5 Å². The third kappa shape index (κ3) is 4.83. The summed E-state index contributed by atoms with van der Waals surface area (Å²) in [6, 6.07) is 7.93. The van der Waals surface area contributed by atoms with Gasteiger partial charge in [0.25, 0.3) is 5.91 Å². The largest absolute Gasteiger partial charge is 0.362 e. The van der Waals surface area contributed by atoms with Crippen LogP contribution in [0.15, 0.2) is 29.4 Å². The fourth-order valence-corrected chi connectivity index (χ4v) is 4.01. The average molecular weight is 400 g/mol. The smallest absolute Gasteiger partial charge is 0.253 e. The number of piperazine rings is 1. The van der Waals surface area contributed by atoms with E-state index in [-0.39, 0.29) is 5.91 Å². The molecule has 1 saturated heterocycles. The third-order valence-electron chi connectivity index (χ3n) is 5.13. The summed E-state index contributed by atoms with van der Waals surface area (Å²) in [5, 5.41) is 0.782. The minimum absolute atomic E-state index is 0.125. The molecule has 2 heterocycles. The Hall–Kier alpha value is -2.12. The molecule has 1 fully saturated rings. The van der Waals surface area contributed by atoms with Gasteiger partial charge < -0.3 is 14.7 Å². The maximum atomic E-state index is 12.6. The molecule has 1 aliphatic heterocycles. The van der Waals surface area contributed by atoms with Gasteiger partial charge in [-0.05, 0) is 38.6 Å². The molecule has 0 spiro atoms. The molecule has 0 radical (unpaired) electrons. The van der Waals surface area contributed by atoms with Gasteiger partial charge in [-0.2, -0.15) is 0 Å². The van der Waals surface area contributed by atoms with Crippen LogP contribution in [0.5, 0.6) is 0 Å². The SMILES string of the molecule is Cc1nc(SCc2ccc(C(=O)N3CCN(C)CC3)cc2)nc(N(C)C)c1C. The third-order valence-corrected chi connectivity index (χ3v) is 6.04. The first-order valence-electron chi connectivity index (χ1n) is 9.57. The summed E-state index contributed by atoms with van der Waals surface area (Å²) >= 11 is 1.62. The van der Waals surface area contributed by atoms with Gasteiger partial charge in [0.15, 0.2) is 5.16 Å². The Morgan fingerprint density at radius 2 is 1.71 bits per heavy atom. The summed E-state index contributed by atoms with van der Waals surface area (Å²) in [7, 11) is 6.09. The van der Waals surface area contributed by atoms with Gasteiger partial charge in [0.2, 0.25) is 0 Å². The van der Waals surface area contributed by atoms with Crippen LogP contribution in [0, 0.1) is 13.8 Å². The Balaban J connectivity index is 1.63. The van der Waals surface area contributed by atoms with E-state index in [1.54, 1.807) is 11.8 Å². The lowest BCUT2D eigenvalue weighted by molar-refractivity contribution is 0.0664. The highest BCUT2D eigenvalue weighted by molar-refractivity contribution is 7.98. The van der Waals surface area contributed by atoms with Gasteiger partial charge >= 0.3 is 0 Å². The number of rotatable bonds is 5. The van der Waals surface area contributed by atoms with E-state index in [4.69, 9.17) is 0 Å². The molecule has 3 rings (SSSR count). The summed E-state index contributed by atoms with van der Waals surface area (Å²) in [4.78, 5) is 28.1. The zero-order valence-corrected chi connectivity index (χ0v) is 18.2. The second-order valence-electron chi connectivity index (χ2n) is 7.52. The Bertz CT molecular complexity index is 829. The highest BCUT2D eigenvalue weighted by atomic mass is 32.2. The molecule has 0 aliphatic carbocycles. The van der Waals surface area contributed by atoms with Gasteiger partial charge in [-0.1, -0.05) is 23.9 Å². The van der Waals surface area contributed by atoms with E-state index < -0.39 is 0 Å². The normalized spacial score (nSPS) is 15.0. The monoisotopic (exact) mass is 399 g/mol. The molecule has 2 aromatic rings. The van der Waals surface area contributed by atoms with E-state index >= 15 is 0 Å². The molecule has 0 N–H and O–H groups in total. The fourth-order valence-electron chi connectivity index (χ4n) is 3.17. The first kappa shape index (κ1) is 20.6. The maximum absolute atomic E-state index is 12.6. The molecule has 150 valence electrons. The maximum Gasteiger partial charge on any atom is 0.253 e. The van der Waals surface area contributed by atoms with Crippen LogP contribution in [-0.2, 0) is 5.75 Å². The molecule has 7 heteroatoms. The van der Waals surface area contributed by atoms with Crippen LogP contribution >= 0.6 is 11.8 Å². The minimum Gasteiger partial charge on any atom is -0.362 e. The van der Waals surface area contributed by atoms with Crippen LogP contribution < -0.4 is 4.90 Å². The van der Waals surface area contributed by atoms with Crippen molar-refractivity contribution in [2.24, 2.45) is 0 Å². The molecule has 0 saturated carbocycles. The molecular weight excluding hydrogens is 370 g/mol. The first-order chi connectivity index (χ1) is 13.3. The molecule has 6 nitrogen and oxygen atoms in total. The van der Waals surface area contributed by atoms with Crippen molar-refractivity contribution in [2.75, 3.05) is 52.2 Å². The summed E-state index contributed by atoms with van der Waals surface area (Å²) in [6.07, 6.45) is 0. The van der Waals surface area contributed by atoms with Crippen molar-refractivity contribution in [3.05, 3.63) is 46.6 Å². The topological polar surface area (TPSA) is 52.6 Å². The number of carbonyl (C=O) groups excluding carboxylic acids is 1. The predicted molar refractivity (Wildman–Crippen MR) is 115 cm³/mol. The Morgan fingerprint density at radius 3 is 2.32 bits per heavy atom. The van der Waals surface area contributed by atoms with Gasteiger partial charge in [-0.3, -0.25) is 4.79 Å². The van der Waals surface area contributed by atoms with Gasteiger partial charge in [0.05, 0.1) is 0 Å². The highest BCUT2D eigenvalue weighted by Crippen LogP contribution is 2.25. The number of benzene rings is 1. The molecule has 1 aliphatic rings. The fraction of sp³-hybridized carbons (Fsp3) is 0.476. The summed E-state index contributed by atoms with van der Waals surface area (Å²) in [5.74, 6) is 1.86. The zero-order chi connectivity index (χ0) is 20.3. The standard InChI is InChI=1S/C21H29N5OS/c1-15-16(2)22-21(23-19(15)24(3)4)28-14-17-6-8-18(9-7-17)20(27)26-12-10-25(5)11-13-26/h6-9H,10-14H2,1-5H3. The van der Waals surface area contributed by atoms with Crippen LogP contribution in [0.4, 0.5) is 5.82 Å². The van der Waals surface area contributed by atoms with Gasteiger partial charge in [-0.15, -0.1) is 0 Å². The number of hydrogen-bond donors (Lipinski definition) is 0. The number of anilines is 1. The van der Waals surface area contributed by atoms with E-state index in [0.717, 1.165) is 65.3 Å². The molecule has 28 heavy (non-hydrogen) atoms. The van der Waals surface area contributed by atoms with Crippen LogP contribution in [0.3, 0.4) is 0 Å². The van der Waals surface area contributed by atoms with Crippen molar-refractivity contribution in [1.82, 2.24) is 19.8 Å². The van der Waals surface area contributed by atoms with Crippen molar-refractivity contribution in [2.45, 2.75) is 24.8 Å². The quantitative estimate of drug-likeness (QED) is 0.569. The number of carbonyl (C=O) groups is 1. The highest BCUT2D eigenvalue weighted by Gasteiger charge is 2.20. The van der Waals surface area contributed by atoms with Gasteiger partial charge in [-0.25, -0.2) is 9.97 Å². The Labute approximate surface area is 172 Å². The van der Waals surface area contributed by atoms with E-state index in [2.05, 4.69) is 28.8 Å². The molecular formula is C21H29N5OS. The lowest BCUT2D eigenvalue weighted by Gasteiger charge is -2.32. The molecule has 1 aromatic heterocycles. The molecule has 0 bridgehead atoms. The van der Waals surface area contributed by atoms with Crippen molar-refractivity contribution in [3.8, 4) is 0 Å². The summed E-state index contributed by atoms with van der Waals surface area (Å²) in [6.45, 7) is 7.54. The first-order valence-corrected chi connectivity index (χ1v) is 10.6. The number of likely N-dealkylation sites (N-methyl/N-ethyl adjacent to an activating group) is 1. The minimum atomic E-state index is 0.125. The van der Waals surface area contributed by atoms with Gasteiger partial charge in [0, 0.05) is 62.8 Å². The number of hydrogen-bond acceptors (Lipinski definition) is 6. The zero-order valence-electron chi connectivity index (χ0n) is 17.4. The number of aromatic nitrogens is 2. The van der Waals surface area contributed by atoms with Gasteiger partial charge in [0.1, 0.15) is 5.82 Å². The number of aryl methyl sites for hydroxylation is 1. The molecule has 1 aromatic carbocycles. The number of nitrogens with zero attached hydrogens (tertiary/aromatic N) is 5. The predicted octanol–water partition coefficient (Wildman–Crippen LogP) is 2.84. The van der Waals surface area contributed by atoms with Crippen LogP contribution in [0.1, 0.15) is 27.2 Å². The van der Waals surface area contributed by atoms with E-state index in [0.29, 0.717) is 0 Å². The molecule has 0 unspecified atom stereocenters. The van der Waals surface area contributed by atoms with E-state index in [9.17, 15) is 4.79 Å². The van der Waals surface area contributed by atoms with E-state index in [1.807, 2.05) is 55.1 Å². The lowest BCUT2D eigenvalue weighted by atomic mass is 10.1. The van der Waals surface area contributed by atoms with Crippen molar-refractivity contribution < 1.29 is 4.79 Å². The summed E-state index contributed by atoms with van der Waals surface area (Å²) in [5.41, 5.74) is 4.04.